The maximum absolute atomic E-state index is 13.7. The molecule has 0 aromatic heterocycles. The van der Waals surface area contributed by atoms with E-state index >= 15 is 0 Å². The molecule has 4 aromatic carbocycles. The van der Waals surface area contributed by atoms with Gasteiger partial charge in [0.05, 0.1) is 10.6 Å². The number of fused-ring (bicyclic) bond motifs is 2. The first-order valence-corrected chi connectivity index (χ1v) is 10.3. The number of amides is 1. The van der Waals surface area contributed by atoms with Crippen molar-refractivity contribution in [1.29, 1.82) is 0 Å². The molecule has 4 aromatic rings. The SMILES string of the molecule is O=C1/C(=C/c2c3ccccc3cc3ccccc23)SC(=S)N1c1cccc(F)c1. The fourth-order valence-electron chi connectivity index (χ4n) is 3.64. The van der Waals surface area contributed by atoms with Gasteiger partial charge in [-0.2, -0.15) is 0 Å². The Balaban J connectivity index is 1.68. The maximum atomic E-state index is 13.7. The van der Waals surface area contributed by atoms with Gasteiger partial charge in [-0.3, -0.25) is 9.69 Å². The van der Waals surface area contributed by atoms with Gasteiger partial charge in [-0.25, -0.2) is 4.39 Å². The molecule has 0 saturated carbocycles. The van der Waals surface area contributed by atoms with Crippen LogP contribution < -0.4 is 4.90 Å². The summed E-state index contributed by atoms with van der Waals surface area (Å²) in [6, 6.07) is 24.3. The fraction of sp³-hybridized carbons (Fsp3) is 0. The average Bonchev–Trinajstić information content (AvgIpc) is 3.01. The highest BCUT2D eigenvalue weighted by atomic mass is 32.2. The lowest BCUT2D eigenvalue weighted by atomic mass is 9.96. The molecule has 1 aliphatic rings. The van der Waals surface area contributed by atoms with Gasteiger partial charge < -0.3 is 0 Å². The number of hydrogen-bond donors (Lipinski definition) is 0. The Labute approximate surface area is 176 Å². The van der Waals surface area contributed by atoms with Crippen LogP contribution in [-0.2, 0) is 4.79 Å². The van der Waals surface area contributed by atoms with Crippen LogP contribution in [0.1, 0.15) is 5.56 Å². The van der Waals surface area contributed by atoms with Gasteiger partial charge in [0.2, 0.25) is 0 Å². The minimum atomic E-state index is -0.402. The van der Waals surface area contributed by atoms with E-state index in [-0.39, 0.29) is 5.91 Å². The van der Waals surface area contributed by atoms with Crippen molar-refractivity contribution in [3.63, 3.8) is 0 Å². The third-order valence-electron chi connectivity index (χ3n) is 4.95. The van der Waals surface area contributed by atoms with E-state index in [1.54, 1.807) is 12.1 Å². The lowest BCUT2D eigenvalue weighted by Gasteiger charge is -2.14. The lowest BCUT2D eigenvalue weighted by molar-refractivity contribution is -0.113. The molecular formula is C24H14FNOS2. The zero-order valence-corrected chi connectivity index (χ0v) is 16.8. The first kappa shape index (κ1) is 18.0. The molecular weight excluding hydrogens is 401 g/mol. The molecule has 29 heavy (non-hydrogen) atoms. The summed E-state index contributed by atoms with van der Waals surface area (Å²) in [6.07, 6.45) is 1.91. The van der Waals surface area contributed by atoms with Crippen LogP contribution in [0.3, 0.4) is 0 Å². The second-order valence-corrected chi connectivity index (χ2v) is 8.41. The van der Waals surface area contributed by atoms with Gasteiger partial charge in [0.1, 0.15) is 5.82 Å². The predicted octanol–water partition coefficient (Wildman–Crippen LogP) is 6.54. The van der Waals surface area contributed by atoms with Gasteiger partial charge >= 0.3 is 0 Å². The Morgan fingerprint density at radius 2 is 1.52 bits per heavy atom. The number of anilines is 1. The van der Waals surface area contributed by atoms with Gasteiger partial charge in [-0.1, -0.05) is 78.6 Å². The average molecular weight is 416 g/mol. The molecule has 5 rings (SSSR count). The molecule has 0 radical (unpaired) electrons. The summed E-state index contributed by atoms with van der Waals surface area (Å²) in [7, 11) is 0. The van der Waals surface area contributed by atoms with E-state index in [1.165, 1.54) is 28.8 Å². The smallest absolute Gasteiger partial charge is 0.268 e. The normalized spacial score (nSPS) is 15.8. The van der Waals surface area contributed by atoms with E-state index in [1.807, 2.05) is 30.3 Å². The van der Waals surface area contributed by atoms with Gasteiger partial charge in [0.15, 0.2) is 4.32 Å². The topological polar surface area (TPSA) is 20.3 Å². The number of rotatable bonds is 2. The number of hydrogen-bond acceptors (Lipinski definition) is 3. The highest BCUT2D eigenvalue weighted by Gasteiger charge is 2.33. The Bertz CT molecular complexity index is 1290. The number of thiocarbonyl (C=S) groups is 1. The number of carbonyl (C=O) groups is 1. The minimum Gasteiger partial charge on any atom is -0.268 e. The Hall–Kier alpha value is -3.02. The summed E-state index contributed by atoms with van der Waals surface area (Å²) < 4.78 is 14.1. The second kappa shape index (κ2) is 7.10. The van der Waals surface area contributed by atoms with E-state index in [2.05, 4.69) is 30.3 Å². The van der Waals surface area contributed by atoms with E-state index in [9.17, 15) is 9.18 Å². The summed E-state index contributed by atoms with van der Waals surface area (Å²) in [5, 5.41) is 4.36. The van der Waals surface area contributed by atoms with Crippen molar-refractivity contribution >= 4 is 67.5 Å². The van der Waals surface area contributed by atoms with Crippen LogP contribution in [0, 0.1) is 5.82 Å². The summed E-state index contributed by atoms with van der Waals surface area (Å²) in [6.45, 7) is 0. The molecule has 0 N–H and O–H groups in total. The molecule has 0 aliphatic carbocycles. The summed E-state index contributed by atoms with van der Waals surface area (Å²) >= 11 is 6.67. The zero-order valence-electron chi connectivity index (χ0n) is 15.1. The summed E-state index contributed by atoms with van der Waals surface area (Å²) in [5.74, 6) is -0.636. The standard InChI is InChI=1S/C24H14FNOS2/c25-17-8-5-9-18(13-17)26-23(27)22(29-24(26)28)14-21-19-10-3-1-6-15(19)12-16-7-2-4-11-20(16)21/h1-14H/b22-14-. The first-order valence-electron chi connectivity index (χ1n) is 9.06. The number of benzene rings is 4. The van der Waals surface area contributed by atoms with Crippen LogP contribution in [0.15, 0.2) is 83.8 Å². The van der Waals surface area contributed by atoms with Crippen LogP contribution in [0.4, 0.5) is 10.1 Å². The highest BCUT2D eigenvalue weighted by Crippen LogP contribution is 2.38. The summed E-state index contributed by atoms with van der Waals surface area (Å²) in [5.41, 5.74) is 1.43. The molecule has 0 atom stereocenters. The van der Waals surface area contributed by atoms with Crippen LogP contribution >= 0.6 is 24.0 Å². The second-order valence-electron chi connectivity index (χ2n) is 6.73. The predicted molar refractivity (Wildman–Crippen MR) is 124 cm³/mol. The van der Waals surface area contributed by atoms with Gasteiger partial charge in [-0.15, -0.1) is 0 Å². The van der Waals surface area contributed by atoms with Crippen LogP contribution in [0.25, 0.3) is 27.6 Å². The first-order chi connectivity index (χ1) is 14.1. The molecule has 1 amide bonds. The Morgan fingerprint density at radius 3 is 2.17 bits per heavy atom. The van der Waals surface area contributed by atoms with Crippen LogP contribution in [0.2, 0.25) is 0 Å². The minimum absolute atomic E-state index is 0.234. The Morgan fingerprint density at radius 1 is 0.862 bits per heavy atom. The van der Waals surface area contributed by atoms with Crippen LogP contribution in [-0.4, -0.2) is 10.2 Å². The monoisotopic (exact) mass is 415 g/mol. The van der Waals surface area contributed by atoms with E-state index < -0.39 is 5.82 Å². The van der Waals surface area contributed by atoms with Gasteiger partial charge in [0, 0.05) is 0 Å². The molecule has 0 unspecified atom stereocenters. The van der Waals surface area contributed by atoms with Crippen molar-refractivity contribution in [3.05, 3.63) is 95.1 Å². The van der Waals surface area contributed by atoms with Crippen molar-refractivity contribution in [2.75, 3.05) is 4.90 Å². The highest BCUT2D eigenvalue weighted by molar-refractivity contribution is 8.27. The summed E-state index contributed by atoms with van der Waals surface area (Å²) in [4.78, 5) is 15.1. The van der Waals surface area contributed by atoms with Crippen molar-refractivity contribution in [3.8, 4) is 0 Å². The molecule has 5 heteroatoms. The van der Waals surface area contributed by atoms with E-state index in [0.717, 1.165) is 27.1 Å². The third kappa shape index (κ3) is 3.12. The zero-order chi connectivity index (χ0) is 20.0. The molecule has 1 fully saturated rings. The fourth-order valence-corrected chi connectivity index (χ4v) is 4.92. The lowest BCUT2D eigenvalue weighted by Crippen LogP contribution is -2.27. The van der Waals surface area contributed by atoms with Crippen molar-refractivity contribution in [2.24, 2.45) is 0 Å². The Kier molecular flexibility index (Phi) is 4.42. The molecule has 1 saturated heterocycles. The molecule has 140 valence electrons. The van der Waals surface area contributed by atoms with Crippen LogP contribution in [0.5, 0.6) is 0 Å². The molecule has 2 nitrogen and oxygen atoms in total. The number of halogens is 1. The van der Waals surface area contributed by atoms with Crippen molar-refractivity contribution in [2.45, 2.75) is 0 Å². The molecule has 0 bridgehead atoms. The maximum Gasteiger partial charge on any atom is 0.270 e. The van der Waals surface area contributed by atoms with Crippen molar-refractivity contribution < 1.29 is 9.18 Å². The number of nitrogens with zero attached hydrogens (tertiary/aromatic N) is 1. The quantitative estimate of drug-likeness (QED) is 0.211. The molecule has 1 aliphatic heterocycles. The van der Waals surface area contributed by atoms with E-state index in [4.69, 9.17) is 12.2 Å². The van der Waals surface area contributed by atoms with E-state index in [0.29, 0.717) is 14.9 Å². The number of thioether (sulfide) groups is 1. The largest absolute Gasteiger partial charge is 0.270 e. The molecule has 1 heterocycles. The number of carbonyl (C=O) groups excluding carboxylic acids is 1. The third-order valence-corrected chi connectivity index (χ3v) is 6.25. The van der Waals surface area contributed by atoms with Gasteiger partial charge in [-0.05, 0) is 57.4 Å². The molecule has 0 spiro atoms. The van der Waals surface area contributed by atoms with Gasteiger partial charge in [0.25, 0.3) is 5.91 Å². The van der Waals surface area contributed by atoms with Crippen molar-refractivity contribution in [1.82, 2.24) is 0 Å².